The van der Waals surface area contributed by atoms with Crippen molar-refractivity contribution in [2.45, 2.75) is 38.0 Å². The second-order valence-electron chi connectivity index (χ2n) is 16.6. The monoisotopic (exact) mass is 888 g/mol. The molecule has 14 heteroatoms. The Labute approximate surface area is 372 Å². The SMILES string of the molecule is Cc1ccc(N2CCN(c3ccc(C)c(-c4cccc(N5C(=O)CC(P6(=O)N(c7ccccc7)CCN6c6ccccc6)C5=O)c4)c3)P2(=O)C2CC(=O)N(c3ccccc3)C2=O)cc1. The van der Waals surface area contributed by atoms with E-state index in [2.05, 4.69) is 0 Å². The van der Waals surface area contributed by atoms with Crippen LogP contribution in [-0.4, -0.2) is 61.1 Å². The van der Waals surface area contributed by atoms with E-state index in [1.807, 2.05) is 143 Å². The molecule has 0 aromatic heterocycles. The molecular weight excluding hydrogens is 843 g/mol. The molecule has 0 radical (unpaired) electrons. The van der Waals surface area contributed by atoms with Crippen molar-refractivity contribution in [1.82, 2.24) is 0 Å². The van der Waals surface area contributed by atoms with Crippen molar-refractivity contribution in [3.8, 4) is 11.1 Å². The van der Waals surface area contributed by atoms with Gasteiger partial charge in [-0.05, 0) is 103 Å². The molecular formula is C50H46N6O6P2. The summed E-state index contributed by atoms with van der Waals surface area (Å²) in [5.41, 5.74) is 4.71. The largest absolute Gasteiger partial charge is 0.304 e. The second-order valence-corrected chi connectivity index (χ2v) is 22.2. The van der Waals surface area contributed by atoms with Crippen LogP contribution in [0.3, 0.4) is 0 Å². The summed E-state index contributed by atoms with van der Waals surface area (Å²) in [5.74, 6) is -1.86. The molecule has 3 atom stereocenters. The van der Waals surface area contributed by atoms with Crippen LogP contribution in [0.1, 0.15) is 24.0 Å². The number of amides is 4. The first-order valence-electron chi connectivity index (χ1n) is 21.5. The lowest BCUT2D eigenvalue weighted by atomic mass is 9.99. The quantitative estimate of drug-likeness (QED) is 0.103. The van der Waals surface area contributed by atoms with Gasteiger partial charge in [0, 0.05) is 61.8 Å². The molecule has 0 bridgehead atoms. The number of anilines is 6. The van der Waals surface area contributed by atoms with Gasteiger partial charge in [0.25, 0.3) is 14.9 Å². The fourth-order valence-corrected chi connectivity index (χ4v) is 16.6. The van der Waals surface area contributed by atoms with Gasteiger partial charge in [0.05, 0.1) is 11.4 Å². The zero-order valence-corrected chi connectivity index (χ0v) is 37.2. The van der Waals surface area contributed by atoms with Crippen LogP contribution in [0.2, 0.25) is 0 Å². The maximum absolute atomic E-state index is 16.1. The Balaban J connectivity index is 0.998. The van der Waals surface area contributed by atoms with E-state index in [1.165, 1.54) is 4.90 Å². The number of hydrogen-bond acceptors (Lipinski definition) is 6. The third-order valence-corrected chi connectivity index (χ3v) is 19.8. The van der Waals surface area contributed by atoms with Gasteiger partial charge in [-0.25, -0.2) is 9.80 Å². The third kappa shape index (κ3) is 6.66. The van der Waals surface area contributed by atoms with E-state index in [0.29, 0.717) is 54.5 Å². The van der Waals surface area contributed by atoms with Crippen LogP contribution in [0.25, 0.3) is 11.1 Å². The summed E-state index contributed by atoms with van der Waals surface area (Å²) in [5, 5.41) is 0. The van der Waals surface area contributed by atoms with Crippen molar-refractivity contribution in [2.75, 3.05) is 54.7 Å². The standard InChI is InChI=1S/C50H46N6O6P2/c1-35-21-24-40(25-22-35)53-29-30-54(64(53,62)45-33-47(57)55(49(45)59)41-18-10-5-11-19-41)42-26-23-36(2)44(32-42)37-13-12-20-43(31-37)56-48(58)34-46(50(56)60)63(61)51(38-14-6-3-7-15-38)27-28-52(63)39-16-8-4-9-17-39/h3-26,31-32,45-46H,27-30,33-34H2,1-2H3. The average Bonchev–Trinajstić information content (AvgIpc) is 4.04. The predicted molar refractivity (Wildman–Crippen MR) is 254 cm³/mol. The molecule has 6 aromatic rings. The Morgan fingerprint density at radius 3 is 1.33 bits per heavy atom. The molecule has 4 saturated heterocycles. The van der Waals surface area contributed by atoms with Crippen LogP contribution in [0.5, 0.6) is 0 Å². The van der Waals surface area contributed by atoms with Gasteiger partial charge in [0.2, 0.25) is 23.6 Å². The van der Waals surface area contributed by atoms with Crippen molar-refractivity contribution >= 4 is 72.6 Å². The molecule has 12 nitrogen and oxygen atoms in total. The summed E-state index contributed by atoms with van der Waals surface area (Å²) in [4.78, 5) is 59.2. The first kappa shape index (κ1) is 41.3. The van der Waals surface area contributed by atoms with E-state index < -0.39 is 49.8 Å². The number of carbonyl (C=O) groups excluding carboxylic acids is 4. The summed E-state index contributed by atoms with van der Waals surface area (Å²) in [7, 11) is -7.61. The Hall–Kier alpha value is -6.74. The number of para-hydroxylation sites is 3. The molecule has 0 aliphatic carbocycles. The highest BCUT2D eigenvalue weighted by Gasteiger charge is 2.59. The van der Waals surface area contributed by atoms with Crippen LogP contribution in [-0.2, 0) is 28.3 Å². The van der Waals surface area contributed by atoms with Crippen LogP contribution in [0.4, 0.5) is 34.1 Å². The Kier molecular flexibility index (Phi) is 10.4. The van der Waals surface area contributed by atoms with Gasteiger partial charge in [0.1, 0.15) is 11.3 Å². The summed E-state index contributed by atoms with van der Waals surface area (Å²) >= 11 is 0. The zero-order chi connectivity index (χ0) is 44.3. The van der Waals surface area contributed by atoms with E-state index >= 15 is 9.13 Å². The van der Waals surface area contributed by atoms with Gasteiger partial charge >= 0.3 is 0 Å². The summed E-state index contributed by atoms with van der Waals surface area (Å²) in [6, 6.07) is 48.2. The van der Waals surface area contributed by atoms with Crippen LogP contribution in [0, 0.1) is 13.8 Å². The molecule has 6 aromatic carbocycles. The smallest absolute Gasteiger partial charge is 0.275 e. The van der Waals surface area contributed by atoms with Crippen molar-refractivity contribution in [3.63, 3.8) is 0 Å². The summed E-state index contributed by atoms with van der Waals surface area (Å²) in [6.07, 6.45) is -0.421. The molecule has 4 fully saturated rings. The van der Waals surface area contributed by atoms with Crippen molar-refractivity contribution < 1.29 is 28.3 Å². The highest BCUT2D eigenvalue weighted by atomic mass is 31.2. The number of rotatable bonds is 9. The number of benzene rings is 6. The Morgan fingerprint density at radius 1 is 0.422 bits per heavy atom. The molecule has 0 spiro atoms. The minimum atomic E-state index is -3.87. The topological polar surface area (TPSA) is 122 Å². The molecule has 322 valence electrons. The maximum atomic E-state index is 16.1. The van der Waals surface area contributed by atoms with E-state index in [1.54, 1.807) is 47.1 Å². The van der Waals surface area contributed by atoms with Crippen LogP contribution >= 0.6 is 14.9 Å². The Bertz CT molecular complexity index is 2870. The third-order valence-electron chi connectivity index (χ3n) is 12.9. The zero-order valence-electron chi connectivity index (χ0n) is 35.4. The molecule has 0 saturated carbocycles. The van der Waals surface area contributed by atoms with Gasteiger partial charge in [-0.2, -0.15) is 0 Å². The molecule has 10 rings (SSSR count). The average molecular weight is 889 g/mol. The molecule has 4 aliphatic rings. The van der Waals surface area contributed by atoms with Crippen molar-refractivity contribution in [3.05, 3.63) is 169 Å². The lowest BCUT2D eigenvalue weighted by Gasteiger charge is -2.36. The number of imide groups is 2. The first-order valence-corrected chi connectivity index (χ1v) is 24.8. The normalized spacial score (nSPS) is 22.1. The number of carbonyl (C=O) groups is 4. The van der Waals surface area contributed by atoms with E-state index in [9.17, 15) is 19.2 Å². The van der Waals surface area contributed by atoms with Gasteiger partial charge in [-0.15, -0.1) is 0 Å². The van der Waals surface area contributed by atoms with Crippen LogP contribution in [0.15, 0.2) is 158 Å². The van der Waals surface area contributed by atoms with Crippen LogP contribution < -0.4 is 28.5 Å². The van der Waals surface area contributed by atoms with Crippen molar-refractivity contribution in [1.29, 1.82) is 0 Å². The molecule has 4 amide bonds. The number of hydrogen-bond donors (Lipinski definition) is 0. The second kappa shape index (κ2) is 16.1. The highest BCUT2D eigenvalue weighted by Crippen LogP contribution is 2.67. The maximum Gasteiger partial charge on any atom is 0.275 e. The molecule has 64 heavy (non-hydrogen) atoms. The number of nitrogens with zero attached hydrogens (tertiary/aromatic N) is 6. The van der Waals surface area contributed by atoms with E-state index in [0.717, 1.165) is 33.0 Å². The Morgan fingerprint density at radius 2 is 0.828 bits per heavy atom. The van der Waals surface area contributed by atoms with Gasteiger partial charge in [-0.1, -0.05) is 90.5 Å². The molecule has 0 N–H and O–H groups in total. The van der Waals surface area contributed by atoms with Gasteiger partial charge < -0.3 is 18.7 Å². The fraction of sp³-hybridized carbons (Fsp3) is 0.200. The fourth-order valence-electron chi connectivity index (χ4n) is 9.75. The molecule has 4 heterocycles. The lowest BCUT2D eigenvalue weighted by molar-refractivity contribution is -0.122. The van der Waals surface area contributed by atoms with Gasteiger partial charge in [-0.3, -0.25) is 28.3 Å². The van der Waals surface area contributed by atoms with E-state index in [-0.39, 0.29) is 12.8 Å². The van der Waals surface area contributed by atoms with Gasteiger partial charge in [0.15, 0.2) is 0 Å². The first-order chi connectivity index (χ1) is 31.0. The lowest BCUT2D eigenvalue weighted by Crippen LogP contribution is -2.36. The predicted octanol–water partition coefficient (Wildman–Crippen LogP) is 9.67. The molecule has 4 aliphatic heterocycles. The van der Waals surface area contributed by atoms with Crippen molar-refractivity contribution in [2.24, 2.45) is 0 Å². The minimum Gasteiger partial charge on any atom is -0.304 e. The highest BCUT2D eigenvalue weighted by molar-refractivity contribution is 7.69. The van der Waals surface area contributed by atoms with E-state index in [4.69, 9.17) is 0 Å². The summed E-state index contributed by atoms with van der Waals surface area (Å²) in [6.45, 7) is 5.45. The number of aryl methyl sites for hydroxylation is 2. The minimum absolute atomic E-state index is 0.206. The molecule has 3 unspecified atom stereocenters. The summed E-state index contributed by atoms with van der Waals surface area (Å²) < 4.78 is 39.0.